The van der Waals surface area contributed by atoms with Crippen molar-refractivity contribution in [2.45, 2.75) is 6.55 Å². The molecule has 0 aliphatic heterocycles. The van der Waals surface area contributed by atoms with Gasteiger partial charge in [0.2, 0.25) is 0 Å². The number of rotatable bonds is 12. The van der Waals surface area contributed by atoms with Crippen molar-refractivity contribution in [2.75, 3.05) is 59.1 Å². The van der Waals surface area contributed by atoms with Crippen LogP contribution in [0.4, 0.5) is 11.4 Å². The Kier molecular flexibility index (Phi) is 12.5. The summed E-state index contributed by atoms with van der Waals surface area (Å²) in [5.41, 5.74) is 2.04. The van der Waals surface area contributed by atoms with Crippen molar-refractivity contribution in [1.82, 2.24) is 0 Å². The lowest BCUT2D eigenvalue weighted by Gasteiger charge is -2.24. The predicted molar refractivity (Wildman–Crippen MR) is 123 cm³/mol. The summed E-state index contributed by atoms with van der Waals surface area (Å²) in [4.78, 5) is 0. The van der Waals surface area contributed by atoms with E-state index in [1.165, 1.54) is 0 Å². The lowest BCUT2D eigenvalue weighted by molar-refractivity contribution is 0.113. The van der Waals surface area contributed by atoms with Crippen LogP contribution >= 0.6 is 0 Å². The van der Waals surface area contributed by atoms with Crippen molar-refractivity contribution < 1.29 is 26.6 Å². The second kappa shape index (κ2) is 14.3. The number of nitrogens with one attached hydrogen (secondary N) is 2. The predicted octanol–water partition coefficient (Wildman–Crippen LogP) is 3.45. The Morgan fingerprint density at radius 1 is 0.633 bits per heavy atom. The lowest BCUT2D eigenvalue weighted by atomic mass is 10.3. The Morgan fingerprint density at radius 2 is 1.07 bits per heavy atom. The normalized spacial score (nSPS) is 11.4. The van der Waals surface area contributed by atoms with Crippen LogP contribution in [-0.4, -0.2) is 66.1 Å². The van der Waals surface area contributed by atoms with Gasteiger partial charge in [-0.05, 0) is 24.3 Å². The van der Waals surface area contributed by atoms with Crippen molar-refractivity contribution in [2.24, 2.45) is 0 Å². The third-order valence-corrected chi connectivity index (χ3v) is 8.97. The highest BCUT2D eigenvalue weighted by molar-refractivity contribution is 6.61. The van der Waals surface area contributed by atoms with Crippen LogP contribution in [0.1, 0.15) is 0 Å². The number of hydrogen-bond acceptors (Lipinski definition) is 8. The molecule has 0 radical (unpaired) electrons. The van der Waals surface area contributed by atoms with Gasteiger partial charge >= 0.3 is 17.6 Å². The number of para-hydroxylation sites is 2. The molecular weight excluding hydrogens is 420 g/mol. The van der Waals surface area contributed by atoms with Gasteiger partial charge in [-0.2, -0.15) is 0 Å². The zero-order valence-corrected chi connectivity index (χ0v) is 20.6. The summed E-state index contributed by atoms with van der Waals surface area (Å²) in [5, 5.41) is 6.35. The highest BCUT2D eigenvalue weighted by Crippen LogP contribution is 2.10. The van der Waals surface area contributed by atoms with E-state index in [9.17, 15) is 0 Å². The van der Waals surface area contributed by atoms with Crippen LogP contribution in [0.5, 0.6) is 0 Å². The maximum absolute atomic E-state index is 5.52. The van der Waals surface area contributed by atoms with Crippen LogP contribution < -0.4 is 10.6 Å². The van der Waals surface area contributed by atoms with Crippen LogP contribution in [0.2, 0.25) is 6.55 Å². The number of hydrogen-bond donors (Lipinski definition) is 2. The molecule has 0 aliphatic rings. The van der Waals surface area contributed by atoms with Gasteiger partial charge in [0.25, 0.3) is 0 Å². The van der Waals surface area contributed by atoms with Gasteiger partial charge in [0, 0.05) is 53.5 Å². The Hall–Kier alpha value is -1.77. The van der Waals surface area contributed by atoms with Gasteiger partial charge < -0.3 is 37.2 Å². The molecule has 30 heavy (non-hydrogen) atoms. The summed E-state index contributed by atoms with van der Waals surface area (Å²) < 4.78 is 31.7. The number of benzene rings is 2. The van der Waals surface area contributed by atoms with E-state index in [1.54, 1.807) is 35.5 Å². The van der Waals surface area contributed by atoms with Crippen molar-refractivity contribution in [3.05, 3.63) is 60.7 Å². The van der Waals surface area contributed by atoms with E-state index in [4.69, 9.17) is 26.6 Å². The minimum absolute atomic E-state index is 0.383. The molecule has 2 N–H and O–H groups in total. The average Bonchev–Trinajstić information content (AvgIpc) is 2.82. The Morgan fingerprint density at radius 3 is 1.47 bits per heavy atom. The molecule has 10 heteroatoms. The first-order chi connectivity index (χ1) is 14.5. The molecular formula is C20H34N2O6Si2. The fourth-order valence-electron chi connectivity index (χ4n) is 2.24. The molecule has 168 valence electrons. The third kappa shape index (κ3) is 9.36. The summed E-state index contributed by atoms with van der Waals surface area (Å²) in [6.45, 7) is 2.23. The van der Waals surface area contributed by atoms with Crippen molar-refractivity contribution in [3.63, 3.8) is 0 Å². The topological polar surface area (TPSA) is 79.4 Å². The quantitative estimate of drug-likeness (QED) is 0.373. The second-order valence-electron chi connectivity index (χ2n) is 6.12. The van der Waals surface area contributed by atoms with Crippen LogP contribution in [-0.2, 0) is 26.6 Å². The molecule has 0 amide bonds. The van der Waals surface area contributed by atoms with E-state index in [2.05, 4.69) is 10.6 Å². The molecule has 0 saturated carbocycles. The molecule has 0 bridgehead atoms. The van der Waals surface area contributed by atoms with E-state index in [1.807, 2.05) is 67.2 Å². The van der Waals surface area contributed by atoms with Crippen LogP contribution in [0.15, 0.2) is 60.7 Å². The SMILES string of the molecule is CO[Si](C)(OC)OCNc1ccccc1.CO[Si](CNc1ccccc1)(OC)OC. The fraction of sp³-hybridized carbons (Fsp3) is 0.400. The molecule has 0 heterocycles. The highest BCUT2D eigenvalue weighted by Gasteiger charge is 2.37. The summed E-state index contributed by atoms with van der Waals surface area (Å²) in [6, 6.07) is 19.7. The first kappa shape index (κ1) is 26.3. The Bertz CT molecular complexity index is 665. The molecule has 2 aromatic rings. The van der Waals surface area contributed by atoms with Gasteiger partial charge in [0.15, 0.2) is 0 Å². The maximum atomic E-state index is 5.52. The van der Waals surface area contributed by atoms with Gasteiger partial charge in [-0.3, -0.25) is 0 Å². The first-order valence-electron chi connectivity index (χ1n) is 9.44. The largest absolute Gasteiger partial charge is 0.520 e. The average molecular weight is 455 g/mol. The molecule has 0 fully saturated rings. The maximum Gasteiger partial charge on any atom is 0.520 e. The molecule has 0 saturated heterocycles. The standard InChI is InChI=1S/2C10H17NO3Si/c1-12-15(3,13-2)14-9-11-10-7-5-4-6-8-10;1-12-15(13-2,14-3)9-11-10-7-5-4-6-8-10/h2*4-8,11H,9H2,1-3H3. The molecule has 0 aliphatic carbocycles. The van der Waals surface area contributed by atoms with Crippen molar-refractivity contribution in [3.8, 4) is 0 Å². The second-order valence-corrected chi connectivity index (χ2v) is 11.9. The molecule has 0 unspecified atom stereocenters. The van der Waals surface area contributed by atoms with E-state index >= 15 is 0 Å². The Labute approximate surface area is 182 Å². The van der Waals surface area contributed by atoms with Crippen molar-refractivity contribution in [1.29, 1.82) is 0 Å². The van der Waals surface area contributed by atoms with Gasteiger partial charge in [0.1, 0.15) is 6.73 Å². The molecule has 0 aromatic heterocycles. The first-order valence-corrected chi connectivity index (χ1v) is 13.6. The highest BCUT2D eigenvalue weighted by atomic mass is 28.4. The van der Waals surface area contributed by atoms with Gasteiger partial charge in [-0.15, -0.1) is 0 Å². The van der Waals surface area contributed by atoms with Crippen LogP contribution in [0, 0.1) is 0 Å². The van der Waals surface area contributed by atoms with E-state index in [0.717, 1.165) is 11.4 Å². The minimum Gasteiger partial charge on any atom is -0.381 e. The van der Waals surface area contributed by atoms with Gasteiger partial charge in [-0.25, -0.2) is 0 Å². The summed E-state index contributed by atoms with van der Waals surface area (Å²) in [5.74, 6) is 0. The molecule has 0 atom stereocenters. The van der Waals surface area contributed by atoms with Gasteiger partial charge in [-0.1, -0.05) is 36.4 Å². The van der Waals surface area contributed by atoms with E-state index in [0.29, 0.717) is 12.9 Å². The minimum atomic E-state index is -2.51. The fourth-order valence-corrected chi connectivity index (χ4v) is 4.33. The van der Waals surface area contributed by atoms with E-state index in [-0.39, 0.29) is 0 Å². The van der Waals surface area contributed by atoms with E-state index < -0.39 is 17.6 Å². The molecule has 2 rings (SSSR count). The molecule has 2 aromatic carbocycles. The summed E-state index contributed by atoms with van der Waals surface area (Å²) in [6.07, 6.45) is 0.556. The Balaban J connectivity index is 0.000000300. The van der Waals surface area contributed by atoms with Crippen LogP contribution in [0.25, 0.3) is 0 Å². The zero-order valence-electron chi connectivity index (χ0n) is 18.6. The smallest absolute Gasteiger partial charge is 0.381 e. The molecule has 0 spiro atoms. The summed E-state index contributed by atoms with van der Waals surface area (Å²) in [7, 11) is 3.08. The van der Waals surface area contributed by atoms with Gasteiger partial charge in [0.05, 0.1) is 6.17 Å². The monoisotopic (exact) mass is 454 g/mol. The van der Waals surface area contributed by atoms with Crippen molar-refractivity contribution >= 4 is 29.0 Å². The molecule has 8 nitrogen and oxygen atoms in total. The lowest BCUT2D eigenvalue weighted by Crippen LogP contribution is -2.49. The summed E-state index contributed by atoms with van der Waals surface area (Å²) >= 11 is 0. The number of anilines is 2. The van der Waals surface area contributed by atoms with Crippen LogP contribution in [0.3, 0.4) is 0 Å². The third-order valence-electron chi connectivity index (χ3n) is 4.34. The zero-order chi connectivity index (χ0) is 22.3.